The zero-order valence-corrected chi connectivity index (χ0v) is 20.5. The summed E-state index contributed by atoms with van der Waals surface area (Å²) < 4.78 is 11.2. The van der Waals surface area contributed by atoms with Crippen LogP contribution in [-0.4, -0.2) is 67.0 Å². The van der Waals surface area contributed by atoms with E-state index in [2.05, 4.69) is 13.2 Å². The van der Waals surface area contributed by atoms with Crippen molar-refractivity contribution < 1.29 is 24.2 Å². The van der Waals surface area contributed by atoms with Crippen LogP contribution in [0, 0.1) is 6.92 Å². The highest BCUT2D eigenvalue weighted by Crippen LogP contribution is 2.40. The van der Waals surface area contributed by atoms with Crippen molar-refractivity contribution in [2.24, 2.45) is 0 Å². The normalized spacial score (nSPS) is 17.0. The summed E-state index contributed by atoms with van der Waals surface area (Å²) in [5, 5.41) is 11.3. The standard InChI is InChI=1S/C28H32N2O5/c1-6-16-34-22-11-8-20(9-12-22)25-24(27(32)28(33)30(25)15-14-29(4)5)26(31)21-10-13-23(19(3)18-21)35-17-7-2/h6-13,18,25,31H,1-2,14-17H2,3-5H3. The van der Waals surface area contributed by atoms with Crippen LogP contribution >= 0.6 is 0 Å². The lowest BCUT2D eigenvalue weighted by Gasteiger charge is -2.26. The first-order valence-electron chi connectivity index (χ1n) is 11.4. The highest BCUT2D eigenvalue weighted by atomic mass is 16.5. The summed E-state index contributed by atoms with van der Waals surface area (Å²) in [6.45, 7) is 10.8. The maximum absolute atomic E-state index is 13.2. The number of ketones is 1. The van der Waals surface area contributed by atoms with Gasteiger partial charge in [0.15, 0.2) is 0 Å². The van der Waals surface area contributed by atoms with E-state index in [-0.39, 0.29) is 11.3 Å². The van der Waals surface area contributed by atoms with Gasteiger partial charge < -0.3 is 24.4 Å². The van der Waals surface area contributed by atoms with Crippen LogP contribution in [0.15, 0.2) is 73.3 Å². The van der Waals surface area contributed by atoms with Gasteiger partial charge in [-0.1, -0.05) is 37.4 Å². The van der Waals surface area contributed by atoms with Crippen molar-refractivity contribution in [3.8, 4) is 11.5 Å². The van der Waals surface area contributed by atoms with Gasteiger partial charge in [0.1, 0.15) is 30.5 Å². The van der Waals surface area contributed by atoms with Crippen LogP contribution in [0.3, 0.4) is 0 Å². The topological polar surface area (TPSA) is 79.3 Å². The van der Waals surface area contributed by atoms with E-state index in [1.807, 2.05) is 38.1 Å². The second-order valence-corrected chi connectivity index (χ2v) is 8.54. The third kappa shape index (κ3) is 5.81. The second-order valence-electron chi connectivity index (χ2n) is 8.54. The van der Waals surface area contributed by atoms with Crippen LogP contribution in [0.5, 0.6) is 11.5 Å². The van der Waals surface area contributed by atoms with Gasteiger partial charge >= 0.3 is 0 Å². The summed E-state index contributed by atoms with van der Waals surface area (Å²) in [6.07, 6.45) is 3.30. The number of amides is 1. The summed E-state index contributed by atoms with van der Waals surface area (Å²) in [5.74, 6) is -0.258. The van der Waals surface area contributed by atoms with Gasteiger partial charge in [0.25, 0.3) is 11.7 Å². The highest BCUT2D eigenvalue weighted by molar-refractivity contribution is 6.46. The second kappa shape index (κ2) is 11.5. The number of aryl methyl sites for hydroxylation is 1. The SMILES string of the molecule is C=CCOc1ccc(C2C(=C(O)c3ccc(OCC=C)c(C)c3)C(=O)C(=O)N2CCN(C)C)cc1. The van der Waals surface area contributed by atoms with Crippen LogP contribution in [0.4, 0.5) is 0 Å². The quantitative estimate of drug-likeness (QED) is 0.228. The summed E-state index contributed by atoms with van der Waals surface area (Å²) >= 11 is 0. The van der Waals surface area contributed by atoms with Crippen molar-refractivity contribution >= 4 is 17.4 Å². The smallest absolute Gasteiger partial charge is 0.295 e. The number of aliphatic hydroxyl groups excluding tert-OH is 1. The first-order valence-corrected chi connectivity index (χ1v) is 11.4. The number of likely N-dealkylation sites (N-methyl/N-ethyl adjacent to an activating group) is 1. The molecule has 1 N–H and O–H groups in total. The lowest BCUT2D eigenvalue weighted by atomic mass is 9.94. The highest BCUT2D eigenvalue weighted by Gasteiger charge is 2.45. The van der Waals surface area contributed by atoms with Crippen molar-refractivity contribution in [3.63, 3.8) is 0 Å². The van der Waals surface area contributed by atoms with Crippen molar-refractivity contribution in [3.05, 3.63) is 90.0 Å². The molecule has 0 saturated carbocycles. The number of nitrogens with zero attached hydrogens (tertiary/aromatic N) is 2. The first kappa shape index (κ1) is 25.8. The molecular formula is C28H32N2O5. The van der Waals surface area contributed by atoms with Crippen LogP contribution in [-0.2, 0) is 9.59 Å². The fourth-order valence-electron chi connectivity index (χ4n) is 3.93. The third-order valence-electron chi connectivity index (χ3n) is 5.70. The fraction of sp³-hybridized carbons (Fsp3) is 0.286. The minimum absolute atomic E-state index is 0.0627. The molecule has 1 unspecified atom stereocenters. The number of hydrogen-bond donors (Lipinski definition) is 1. The molecule has 0 radical (unpaired) electrons. The van der Waals surface area contributed by atoms with E-state index in [0.717, 1.165) is 5.56 Å². The maximum atomic E-state index is 13.2. The molecule has 0 bridgehead atoms. The Morgan fingerprint density at radius 3 is 2.31 bits per heavy atom. The molecule has 2 aromatic carbocycles. The van der Waals surface area contributed by atoms with E-state index in [1.165, 1.54) is 4.90 Å². The average Bonchev–Trinajstić information content (AvgIpc) is 3.10. The van der Waals surface area contributed by atoms with Gasteiger partial charge in [0, 0.05) is 18.7 Å². The summed E-state index contributed by atoms with van der Waals surface area (Å²) in [4.78, 5) is 29.7. The zero-order chi connectivity index (χ0) is 25.5. The van der Waals surface area contributed by atoms with Gasteiger partial charge in [-0.15, -0.1) is 0 Å². The van der Waals surface area contributed by atoms with E-state index in [0.29, 0.717) is 48.9 Å². The van der Waals surface area contributed by atoms with Crippen LogP contribution in [0.1, 0.15) is 22.7 Å². The van der Waals surface area contributed by atoms with Gasteiger partial charge in [0.2, 0.25) is 0 Å². The van der Waals surface area contributed by atoms with E-state index < -0.39 is 17.7 Å². The molecule has 0 spiro atoms. The summed E-state index contributed by atoms with van der Waals surface area (Å²) in [5.41, 5.74) is 2.00. The predicted octanol–water partition coefficient (Wildman–Crippen LogP) is 4.11. The van der Waals surface area contributed by atoms with Crippen molar-refractivity contribution in [2.45, 2.75) is 13.0 Å². The van der Waals surface area contributed by atoms with E-state index in [4.69, 9.17) is 9.47 Å². The molecular weight excluding hydrogens is 444 g/mol. The number of Topliss-reactive ketones (excluding diaryl/α,β-unsaturated/α-hetero) is 1. The largest absolute Gasteiger partial charge is 0.507 e. The van der Waals surface area contributed by atoms with Crippen LogP contribution in [0.2, 0.25) is 0 Å². The minimum atomic E-state index is -0.722. The molecule has 0 aliphatic carbocycles. The molecule has 1 atom stereocenters. The predicted molar refractivity (Wildman–Crippen MR) is 137 cm³/mol. The molecule has 1 aliphatic rings. The first-order chi connectivity index (χ1) is 16.8. The number of carbonyl (C=O) groups excluding carboxylic acids is 2. The number of hydrogen-bond acceptors (Lipinski definition) is 6. The van der Waals surface area contributed by atoms with E-state index in [9.17, 15) is 14.7 Å². The Balaban J connectivity index is 2.07. The monoisotopic (exact) mass is 476 g/mol. The number of likely N-dealkylation sites (tertiary alicyclic amines) is 1. The molecule has 1 aliphatic heterocycles. The maximum Gasteiger partial charge on any atom is 0.295 e. The molecule has 2 aromatic rings. The molecule has 184 valence electrons. The average molecular weight is 477 g/mol. The van der Waals surface area contributed by atoms with Crippen molar-refractivity contribution in [2.75, 3.05) is 40.4 Å². The number of carbonyl (C=O) groups is 2. The van der Waals surface area contributed by atoms with Crippen molar-refractivity contribution in [1.29, 1.82) is 0 Å². The number of ether oxygens (including phenoxy) is 2. The Morgan fingerprint density at radius 1 is 1.06 bits per heavy atom. The molecule has 1 saturated heterocycles. The lowest BCUT2D eigenvalue weighted by molar-refractivity contribution is -0.140. The van der Waals surface area contributed by atoms with Crippen molar-refractivity contribution in [1.82, 2.24) is 9.80 Å². The molecule has 1 amide bonds. The lowest BCUT2D eigenvalue weighted by Crippen LogP contribution is -2.35. The molecule has 7 nitrogen and oxygen atoms in total. The van der Waals surface area contributed by atoms with Gasteiger partial charge in [-0.3, -0.25) is 9.59 Å². The Hall–Kier alpha value is -3.84. The van der Waals surface area contributed by atoms with E-state index in [1.54, 1.807) is 42.5 Å². The van der Waals surface area contributed by atoms with Gasteiger partial charge in [-0.05, 0) is 62.5 Å². The van der Waals surface area contributed by atoms with Gasteiger partial charge in [-0.25, -0.2) is 0 Å². The molecule has 1 heterocycles. The van der Waals surface area contributed by atoms with Gasteiger partial charge in [0.05, 0.1) is 11.6 Å². The van der Waals surface area contributed by atoms with Crippen LogP contribution < -0.4 is 9.47 Å². The fourth-order valence-corrected chi connectivity index (χ4v) is 3.93. The number of rotatable bonds is 11. The number of aliphatic hydroxyl groups is 1. The Labute approximate surface area is 206 Å². The Kier molecular flexibility index (Phi) is 8.49. The Bertz CT molecular complexity index is 1130. The van der Waals surface area contributed by atoms with Gasteiger partial charge in [-0.2, -0.15) is 0 Å². The molecule has 35 heavy (non-hydrogen) atoms. The Morgan fingerprint density at radius 2 is 1.71 bits per heavy atom. The van der Waals surface area contributed by atoms with Crippen LogP contribution in [0.25, 0.3) is 5.76 Å². The summed E-state index contributed by atoms with van der Waals surface area (Å²) in [7, 11) is 3.80. The zero-order valence-electron chi connectivity index (χ0n) is 20.5. The summed E-state index contributed by atoms with van der Waals surface area (Å²) in [6, 6.07) is 11.6. The number of benzene rings is 2. The third-order valence-corrected chi connectivity index (χ3v) is 5.70. The molecule has 0 aromatic heterocycles. The van der Waals surface area contributed by atoms with E-state index >= 15 is 0 Å². The molecule has 3 rings (SSSR count). The molecule has 7 heteroatoms. The minimum Gasteiger partial charge on any atom is -0.507 e. The molecule has 1 fully saturated rings.